The Morgan fingerprint density at radius 2 is 1.88 bits per heavy atom. The van der Waals surface area contributed by atoms with E-state index in [1.807, 2.05) is 0 Å². The van der Waals surface area contributed by atoms with Crippen LogP contribution in [-0.2, 0) is 9.47 Å². The number of hydrogen-bond acceptors (Lipinski definition) is 3. The van der Waals surface area contributed by atoms with Crippen molar-refractivity contribution in [2.45, 2.75) is 25.4 Å². The third kappa shape index (κ3) is 2.19. The molecule has 0 amide bonds. The molecule has 0 aliphatic carbocycles. The van der Waals surface area contributed by atoms with Crippen LogP contribution in [0.5, 0.6) is 0 Å². The van der Waals surface area contributed by atoms with Gasteiger partial charge in [-0.2, -0.15) is 0 Å². The molecule has 3 nitrogen and oxygen atoms in total. The van der Waals surface area contributed by atoms with E-state index in [1.54, 1.807) is 25.1 Å². The fraction of sp³-hybridized carbons (Fsp3) is 0.455. The Hall–Kier alpha value is -0.320. The molecule has 5 heteroatoms. The molecule has 1 fully saturated rings. The summed E-state index contributed by atoms with van der Waals surface area (Å²) in [7, 11) is 0. The molecule has 0 spiro atoms. The van der Waals surface area contributed by atoms with Crippen LogP contribution < -0.4 is 0 Å². The second-order valence-corrected chi connectivity index (χ2v) is 4.43. The fourth-order valence-corrected chi connectivity index (χ4v) is 2.43. The van der Waals surface area contributed by atoms with Crippen LogP contribution in [0, 0.1) is 0 Å². The number of benzene rings is 1. The quantitative estimate of drug-likeness (QED) is 0.891. The third-order valence-electron chi connectivity index (χ3n) is 2.51. The molecule has 0 radical (unpaired) electrons. The minimum absolute atomic E-state index is 0.128. The Morgan fingerprint density at radius 3 is 2.44 bits per heavy atom. The second-order valence-electron chi connectivity index (χ2n) is 3.62. The highest BCUT2D eigenvalue weighted by atomic mass is 35.5. The predicted molar refractivity (Wildman–Crippen MR) is 61.7 cm³/mol. The van der Waals surface area contributed by atoms with Crippen LogP contribution in [0.15, 0.2) is 18.2 Å². The third-order valence-corrected chi connectivity index (χ3v) is 3.17. The Kier molecular flexibility index (Phi) is 3.72. The van der Waals surface area contributed by atoms with Crippen LogP contribution in [0.2, 0.25) is 10.0 Å². The first-order chi connectivity index (χ1) is 7.63. The zero-order valence-electron chi connectivity index (χ0n) is 8.69. The van der Waals surface area contributed by atoms with Gasteiger partial charge in [-0.3, -0.25) is 0 Å². The molecular weight excluding hydrogens is 251 g/mol. The molecule has 0 unspecified atom stereocenters. The molecule has 88 valence electrons. The van der Waals surface area contributed by atoms with Gasteiger partial charge in [0.1, 0.15) is 12.2 Å². The van der Waals surface area contributed by atoms with Crippen LogP contribution in [0.25, 0.3) is 0 Å². The van der Waals surface area contributed by atoms with Gasteiger partial charge < -0.3 is 14.6 Å². The lowest BCUT2D eigenvalue weighted by Gasteiger charge is -2.17. The lowest BCUT2D eigenvalue weighted by molar-refractivity contribution is -0.0563. The van der Waals surface area contributed by atoms with Crippen molar-refractivity contribution in [2.75, 3.05) is 6.61 Å². The molecule has 1 aromatic rings. The molecule has 1 aliphatic heterocycles. The second kappa shape index (κ2) is 4.90. The molecule has 0 bridgehead atoms. The zero-order chi connectivity index (χ0) is 11.7. The van der Waals surface area contributed by atoms with Crippen LogP contribution in [-0.4, -0.2) is 24.1 Å². The molecular formula is C11H12Cl2O3. The van der Waals surface area contributed by atoms with E-state index in [0.717, 1.165) is 0 Å². The summed E-state index contributed by atoms with van der Waals surface area (Å²) in [6.45, 7) is 1.64. The minimum atomic E-state index is -0.424. The normalized spacial score (nSPS) is 29.6. The number of rotatable bonds is 2. The zero-order valence-corrected chi connectivity index (χ0v) is 10.2. The van der Waals surface area contributed by atoms with Crippen LogP contribution in [0.4, 0.5) is 0 Å². The smallest absolute Gasteiger partial charge is 0.156 e. The van der Waals surface area contributed by atoms with Crippen molar-refractivity contribution < 1.29 is 14.6 Å². The largest absolute Gasteiger partial charge is 0.394 e. The Labute approximate surface area is 104 Å². The van der Waals surface area contributed by atoms with Crippen LogP contribution in [0.1, 0.15) is 18.6 Å². The highest BCUT2D eigenvalue weighted by molar-refractivity contribution is 6.36. The van der Waals surface area contributed by atoms with Crippen molar-refractivity contribution in [1.82, 2.24) is 0 Å². The van der Waals surface area contributed by atoms with Gasteiger partial charge in [0.15, 0.2) is 6.29 Å². The molecule has 1 aliphatic rings. The van der Waals surface area contributed by atoms with Crippen molar-refractivity contribution >= 4 is 23.2 Å². The molecule has 1 N–H and O–H groups in total. The first-order valence-electron chi connectivity index (χ1n) is 4.99. The molecule has 0 aromatic heterocycles. The number of halogens is 2. The van der Waals surface area contributed by atoms with E-state index in [2.05, 4.69) is 0 Å². The van der Waals surface area contributed by atoms with Crippen molar-refractivity contribution in [1.29, 1.82) is 0 Å². The summed E-state index contributed by atoms with van der Waals surface area (Å²) in [4.78, 5) is 0. The molecule has 1 saturated heterocycles. The van der Waals surface area contributed by atoms with Gasteiger partial charge >= 0.3 is 0 Å². The fourth-order valence-electron chi connectivity index (χ4n) is 1.82. The van der Waals surface area contributed by atoms with E-state index in [0.29, 0.717) is 15.6 Å². The number of hydrogen-bond donors (Lipinski definition) is 1. The van der Waals surface area contributed by atoms with Gasteiger partial charge in [0.25, 0.3) is 0 Å². The van der Waals surface area contributed by atoms with Gasteiger partial charge in [0.05, 0.1) is 6.61 Å². The lowest BCUT2D eigenvalue weighted by atomic mass is 10.0. The molecule has 0 saturated carbocycles. The number of aliphatic hydroxyl groups is 1. The van der Waals surface area contributed by atoms with Crippen molar-refractivity contribution in [3.63, 3.8) is 0 Å². The SMILES string of the molecule is C[C@@H]1O[C@@H](CO)[C@H](c2c(Cl)cccc2Cl)O1. The Balaban J connectivity index is 2.36. The van der Waals surface area contributed by atoms with Gasteiger partial charge in [-0.1, -0.05) is 29.3 Å². The van der Waals surface area contributed by atoms with Crippen molar-refractivity contribution in [3.05, 3.63) is 33.8 Å². The molecule has 3 atom stereocenters. The number of ether oxygens (including phenoxy) is 2. The van der Waals surface area contributed by atoms with Gasteiger partial charge in [0, 0.05) is 15.6 Å². The summed E-state index contributed by atoms with van der Waals surface area (Å²) < 4.78 is 11.0. The summed E-state index contributed by atoms with van der Waals surface area (Å²) in [5, 5.41) is 10.2. The highest BCUT2D eigenvalue weighted by Gasteiger charge is 2.36. The van der Waals surface area contributed by atoms with Crippen LogP contribution >= 0.6 is 23.2 Å². The molecule has 1 heterocycles. The van der Waals surface area contributed by atoms with E-state index in [1.165, 1.54) is 0 Å². The maximum Gasteiger partial charge on any atom is 0.156 e. The van der Waals surface area contributed by atoms with Gasteiger partial charge in [-0.15, -0.1) is 0 Å². The molecule has 1 aromatic carbocycles. The molecule has 16 heavy (non-hydrogen) atoms. The van der Waals surface area contributed by atoms with E-state index < -0.39 is 12.2 Å². The lowest BCUT2D eigenvalue weighted by Crippen LogP contribution is -2.20. The van der Waals surface area contributed by atoms with E-state index in [9.17, 15) is 5.11 Å². The maximum atomic E-state index is 9.21. The standard InChI is InChI=1S/C11H12Cl2O3/c1-6-15-9(5-14)11(16-6)10-7(12)3-2-4-8(10)13/h2-4,6,9,11,14H,5H2,1H3/t6-,9+,11-/m1/s1. The van der Waals surface area contributed by atoms with Crippen molar-refractivity contribution in [2.24, 2.45) is 0 Å². The Bertz CT molecular complexity index is 363. The highest BCUT2D eigenvalue weighted by Crippen LogP contribution is 2.39. The van der Waals surface area contributed by atoms with E-state index >= 15 is 0 Å². The summed E-state index contributed by atoms with van der Waals surface area (Å²) in [5.74, 6) is 0. The maximum absolute atomic E-state index is 9.21. The first kappa shape index (κ1) is 12.1. The number of aliphatic hydroxyl groups excluding tert-OH is 1. The Morgan fingerprint density at radius 1 is 1.25 bits per heavy atom. The average molecular weight is 263 g/mol. The minimum Gasteiger partial charge on any atom is -0.394 e. The molecule has 2 rings (SSSR count). The predicted octanol–water partition coefficient (Wildman–Crippen LogP) is 2.79. The summed E-state index contributed by atoms with van der Waals surface area (Å²) in [6, 6.07) is 5.24. The summed E-state index contributed by atoms with van der Waals surface area (Å²) in [5.41, 5.74) is 0.675. The monoisotopic (exact) mass is 262 g/mol. The van der Waals surface area contributed by atoms with Crippen molar-refractivity contribution in [3.8, 4) is 0 Å². The topological polar surface area (TPSA) is 38.7 Å². The first-order valence-corrected chi connectivity index (χ1v) is 5.74. The van der Waals surface area contributed by atoms with Gasteiger partial charge in [-0.05, 0) is 19.1 Å². The van der Waals surface area contributed by atoms with Crippen LogP contribution in [0.3, 0.4) is 0 Å². The average Bonchev–Trinajstić information content (AvgIpc) is 2.59. The van der Waals surface area contributed by atoms with Gasteiger partial charge in [-0.25, -0.2) is 0 Å². The summed E-state index contributed by atoms with van der Waals surface area (Å²) >= 11 is 12.2. The van der Waals surface area contributed by atoms with E-state index in [4.69, 9.17) is 32.7 Å². The van der Waals surface area contributed by atoms with Gasteiger partial charge in [0.2, 0.25) is 0 Å². The summed E-state index contributed by atoms with van der Waals surface area (Å²) in [6.07, 6.45) is -1.21. The van der Waals surface area contributed by atoms with E-state index in [-0.39, 0.29) is 12.9 Å².